The van der Waals surface area contributed by atoms with Crippen LogP contribution in [0.5, 0.6) is 0 Å². The summed E-state index contributed by atoms with van der Waals surface area (Å²) >= 11 is 0. The highest BCUT2D eigenvalue weighted by Gasteiger charge is 2.55. The van der Waals surface area contributed by atoms with Gasteiger partial charge in [-0.15, -0.1) is 0 Å². The van der Waals surface area contributed by atoms with Gasteiger partial charge in [-0.2, -0.15) is 65.9 Å². The van der Waals surface area contributed by atoms with Gasteiger partial charge in [-0.25, -0.2) is 0 Å². The SMILES string of the molecule is CC(C)(C)C.CC(C)C(C(C)C)C(C)(C)C(F)(F)F.CC(C)C(C)(C)C.CCC(C)(C)C.CCC(C)(CC)C(C)(C)C.CCC(C)(CC)C(F)(F)F.CCC(CC)C(C)(C)C.CCC(CC)[C@](C)(CC)C(F)(F)F.CCCC(C)(C)C.CCC[C@](C)(CC)C(F)(F)F.CC[C@@](C)(C(C)C)C(F)(F)F. The van der Waals surface area contributed by atoms with Crippen molar-refractivity contribution in [3.63, 3.8) is 0 Å². The van der Waals surface area contributed by atoms with Crippen molar-refractivity contribution in [2.75, 3.05) is 0 Å². The normalized spacial score (nSPS) is 14.9. The average molecular weight is 1530 g/mol. The first-order chi connectivity index (χ1) is 44.8. The van der Waals surface area contributed by atoms with Gasteiger partial charge in [0, 0.05) is 0 Å². The van der Waals surface area contributed by atoms with Crippen LogP contribution in [0.4, 0.5) is 65.9 Å². The van der Waals surface area contributed by atoms with Crippen LogP contribution in [0, 0.1) is 106 Å². The van der Waals surface area contributed by atoms with Gasteiger partial charge < -0.3 is 0 Å². The van der Waals surface area contributed by atoms with E-state index in [4.69, 9.17) is 0 Å². The van der Waals surface area contributed by atoms with Gasteiger partial charge in [-0.05, 0) is 124 Å². The lowest BCUT2D eigenvalue weighted by atomic mass is 9.65. The van der Waals surface area contributed by atoms with E-state index in [1.807, 2.05) is 41.5 Å². The van der Waals surface area contributed by atoms with Crippen LogP contribution in [0.15, 0.2) is 0 Å². The first-order valence-corrected chi connectivity index (χ1v) is 40.1. The largest absolute Gasteiger partial charge is 0.394 e. The summed E-state index contributed by atoms with van der Waals surface area (Å²) in [6.45, 7) is 95.3. The van der Waals surface area contributed by atoms with Crippen molar-refractivity contribution in [2.24, 2.45) is 106 Å². The zero-order valence-electron chi connectivity index (χ0n) is 77.5. The van der Waals surface area contributed by atoms with E-state index < -0.39 is 58.0 Å². The summed E-state index contributed by atoms with van der Waals surface area (Å²) in [4.78, 5) is 0. The Bertz CT molecular complexity index is 1860. The molecule has 0 radical (unpaired) electrons. The lowest BCUT2D eigenvalue weighted by Gasteiger charge is -2.41. The summed E-state index contributed by atoms with van der Waals surface area (Å²) in [6, 6.07) is 0. The van der Waals surface area contributed by atoms with E-state index in [0.29, 0.717) is 57.2 Å². The molecule has 0 bridgehead atoms. The average Bonchev–Trinajstić information content (AvgIpc) is 0.807. The molecule has 640 valence electrons. The third-order valence-corrected chi connectivity index (χ3v) is 22.8. The lowest BCUT2D eigenvalue weighted by Crippen LogP contribution is -2.43. The second-order valence-corrected chi connectivity index (χ2v) is 39.5. The molecule has 0 aromatic carbocycles. The summed E-state index contributed by atoms with van der Waals surface area (Å²) in [5.74, 6) is 0.857. The minimum atomic E-state index is -4.12. The summed E-state index contributed by atoms with van der Waals surface area (Å²) in [6.07, 6.45) is -8.41. The van der Waals surface area contributed by atoms with Gasteiger partial charge in [0.05, 0.1) is 27.1 Å². The molecule has 15 heteroatoms. The van der Waals surface area contributed by atoms with Gasteiger partial charge in [-0.3, -0.25) is 0 Å². The molecular weight excluding hydrogens is 1340 g/mol. The molecule has 0 fully saturated rings. The number of hydrogen-bond acceptors (Lipinski definition) is 0. The van der Waals surface area contributed by atoms with Crippen LogP contribution in [0.2, 0.25) is 0 Å². The van der Waals surface area contributed by atoms with Gasteiger partial charge in [-0.1, -0.05) is 390 Å². The molecule has 0 N–H and O–H groups in total. The Hall–Kier alpha value is -1.05. The zero-order valence-corrected chi connectivity index (χ0v) is 77.5. The number of rotatable bonds is 19. The second kappa shape index (κ2) is 53.0. The molecule has 0 nitrogen and oxygen atoms in total. The molecule has 0 aliphatic heterocycles. The van der Waals surface area contributed by atoms with Crippen molar-refractivity contribution in [1.82, 2.24) is 0 Å². The zero-order chi connectivity index (χ0) is 86.9. The van der Waals surface area contributed by atoms with Crippen LogP contribution in [-0.4, -0.2) is 30.9 Å². The first-order valence-electron chi connectivity index (χ1n) is 40.1. The van der Waals surface area contributed by atoms with Crippen LogP contribution in [0.1, 0.15) is 435 Å². The van der Waals surface area contributed by atoms with Crippen molar-refractivity contribution in [1.29, 1.82) is 0 Å². The fourth-order valence-electron chi connectivity index (χ4n) is 10.8. The number of hydrogen-bond donors (Lipinski definition) is 0. The van der Waals surface area contributed by atoms with Crippen molar-refractivity contribution in [3.8, 4) is 0 Å². The van der Waals surface area contributed by atoms with E-state index in [9.17, 15) is 65.9 Å². The molecule has 3 atom stereocenters. The molecule has 0 amide bonds. The Kier molecular flexibility index (Phi) is 64.6. The van der Waals surface area contributed by atoms with Crippen molar-refractivity contribution in [3.05, 3.63) is 0 Å². The van der Waals surface area contributed by atoms with Gasteiger partial charge >= 0.3 is 30.9 Å². The Balaban J connectivity index is -0.000000101. The highest BCUT2D eigenvalue weighted by atomic mass is 19.4. The predicted molar refractivity (Wildman–Crippen MR) is 430 cm³/mol. The van der Waals surface area contributed by atoms with Gasteiger partial charge in [0.25, 0.3) is 0 Å². The third kappa shape index (κ3) is 57.6. The smallest absolute Gasteiger partial charge is 0.171 e. The van der Waals surface area contributed by atoms with Gasteiger partial charge in [0.15, 0.2) is 0 Å². The molecule has 0 unspecified atom stereocenters. The minimum Gasteiger partial charge on any atom is -0.171 e. The Morgan fingerprint density at radius 2 is 0.485 bits per heavy atom. The van der Waals surface area contributed by atoms with E-state index in [1.165, 1.54) is 86.5 Å². The fraction of sp³-hybridized carbons (Fsp3) is 1.00. The van der Waals surface area contributed by atoms with Crippen LogP contribution in [0.25, 0.3) is 0 Å². The van der Waals surface area contributed by atoms with E-state index in [0.717, 1.165) is 11.8 Å². The topological polar surface area (TPSA) is 0 Å². The molecular formula is C88H183F15. The van der Waals surface area contributed by atoms with Crippen molar-refractivity contribution < 1.29 is 65.9 Å². The number of alkyl halides is 15. The molecule has 0 aliphatic rings. The summed E-state index contributed by atoms with van der Waals surface area (Å²) in [5, 5.41) is 0. The highest BCUT2D eigenvalue weighted by Crippen LogP contribution is 2.52. The maximum Gasteiger partial charge on any atom is 0.394 e. The molecule has 0 aromatic heterocycles. The van der Waals surface area contributed by atoms with Gasteiger partial charge in [0.2, 0.25) is 0 Å². The fourth-order valence-corrected chi connectivity index (χ4v) is 10.8. The Labute approximate surface area is 635 Å². The van der Waals surface area contributed by atoms with Crippen LogP contribution in [0.3, 0.4) is 0 Å². The first kappa shape index (κ1) is 126. The van der Waals surface area contributed by atoms with E-state index in [1.54, 1.807) is 55.4 Å². The molecule has 0 saturated carbocycles. The third-order valence-electron chi connectivity index (χ3n) is 22.8. The molecule has 0 aromatic rings. The highest BCUT2D eigenvalue weighted by molar-refractivity contribution is 4.90. The van der Waals surface area contributed by atoms with Crippen molar-refractivity contribution in [2.45, 2.75) is 466 Å². The lowest BCUT2D eigenvalue weighted by molar-refractivity contribution is -0.240. The quantitative estimate of drug-likeness (QED) is 0.113. The minimum absolute atomic E-state index is 0.0478. The summed E-state index contributed by atoms with van der Waals surface area (Å²) < 4.78 is 187. The standard InChI is InChI=1S/C11H21F3.C10H19F3.C10H22.C9H20.2C8H15F3.C7H13F3.2C7H16.C6H14.C5H12/c1-7(2)9(8(3)4)10(5,6)11(12,13)14;1-5-8(6-2)9(4,7-3)10(11,12)13;1-7-10(6,8-2)9(3,4)5;1-6-8(7-2)9(3,4)5;1-5-7(4,6(2)3)8(9,10)11;1-4-6-7(3,5-2)8(9,10)11;1-4-6(3,5-2)7(8,9)10;1-6(2)7(3,4)5;1-5-6-7(2,3)4;1-5-6(2,3)4;1-5(2,3)4/h7-9H,1-6H3;8H,5-7H2,1-4H3;7-8H2,1-6H3;8H,6-7H2,1-5H3;6H,5H2,1-4H3;4-6H2,1-3H3;4-5H2,1-3H3;6H,1-5H3;5-6H2,1-4H3;5H2,1-4H3;1-4H3/t;9-;;;2*7-;;;;;/m.0..00...../s1. The van der Waals surface area contributed by atoms with Crippen molar-refractivity contribution >= 4 is 0 Å². The second-order valence-electron chi connectivity index (χ2n) is 39.5. The molecule has 103 heavy (non-hydrogen) atoms. The molecule has 0 aliphatic carbocycles. The molecule has 0 spiro atoms. The monoisotopic (exact) mass is 1530 g/mol. The van der Waals surface area contributed by atoms with E-state index >= 15 is 0 Å². The maximum atomic E-state index is 12.8. The molecule has 0 heterocycles. The molecule has 0 rings (SSSR count). The van der Waals surface area contributed by atoms with E-state index in [-0.39, 0.29) is 68.1 Å². The van der Waals surface area contributed by atoms with Crippen LogP contribution in [-0.2, 0) is 0 Å². The Morgan fingerprint density at radius 3 is 0.515 bits per heavy atom. The van der Waals surface area contributed by atoms with Gasteiger partial charge in [0.1, 0.15) is 0 Å². The number of halogens is 15. The van der Waals surface area contributed by atoms with Crippen LogP contribution < -0.4 is 0 Å². The van der Waals surface area contributed by atoms with E-state index in [2.05, 4.69) is 194 Å². The molecule has 0 saturated heterocycles. The van der Waals surface area contributed by atoms with Crippen LogP contribution >= 0.6 is 0 Å². The summed E-state index contributed by atoms with van der Waals surface area (Å²) in [5.41, 5.74) is -3.99. The maximum absolute atomic E-state index is 12.8. The predicted octanol–water partition coefficient (Wildman–Crippen LogP) is 37.0. The Morgan fingerprint density at radius 1 is 0.243 bits per heavy atom. The summed E-state index contributed by atoms with van der Waals surface area (Å²) in [7, 11) is 0.